The van der Waals surface area contributed by atoms with Crippen molar-refractivity contribution in [2.24, 2.45) is 5.92 Å². The van der Waals surface area contributed by atoms with E-state index in [1.807, 2.05) is 54.3 Å². The molecule has 5 nitrogen and oxygen atoms in total. The van der Waals surface area contributed by atoms with Gasteiger partial charge in [-0.1, -0.05) is 37.3 Å². The highest BCUT2D eigenvalue weighted by atomic mass is 16.2. The van der Waals surface area contributed by atoms with Crippen LogP contribution < -0.4 is 15.5 Å². The lowest BCUT2D eigenvalue weighted by atomic mass is 10.0. The Morgan fingerprint density at radius 2 is 1.78 bits per heavy atom. The van der Waals surface area contributed by atoms with Crippen molar-refractivity contribution < 1.29 is 9.59 Å². The average Bonchev–Trinajstić information content (AvgIpc) is 3.47. The molecule has 3 amide bonds. The van der Waals surface area contributed by atoms with E-state index < -0.39 is 0 Å². The van der Waals surface area contributed by atoms with Gasteiger partial charge in [-0.2, -0.15) is 0 Å². The maximum Gasteiger partial charge on any atom is 0.322 e. The number of amides is 3. The fourth-order valence-corrected chi connectivity index (χ4v) is 3.60. The largest absolute Gasteiger partial charge is 0.331 e. The molecule has 1 aliphatic heterocycles. The molecule has 4 rings (SSSR count). The van der Waals surface area contributed by atoms with Gasteiger partial charge in [-0.3, -0.25) is 9.69 Å². The van der Waals surface area contributed by atoms with Gasteiger partial charge in [-0.15, -0.1) is 0 Å². The van der Waals surface area contributed by atoms with Gasteiger partial charge in [-0.05, 0) is 49.1 Å². The minimum Gasteiger partial charge on any atom is -0.331 e. The third-order valence-electron chi connectivity index (χ3n) is 5.43. The molecule has 27 heavy (non-hydrogen) atoms. The lowest BCUT2D eigenvalue weighted by Gasteiger charge is -2.22. The first-order valence-electron chi connectivity index (χ1n) is 9.60. The van der Waals surface area contributed by atoms with Crippen LogP contribution in [-0.4, -0.2) is 18.5 Å². The van der Waals surface area contributed by atoms with Crippen molar-refractivity contribution in [3.05, 3.63) is 59.7 Å². The molecule has 0 radical (unpaired) electrons. The third-order valence-corrected chi connectivity index (χ3v) is 5.43. The summed E-state index contributed by atoms with van der Waals surface area (Å²) >= 11 is 0. The number of hydrogen-bond acceptors (Lipinski definition) is 2. The van der Waals surface area contributed by atoms with Gasteiger partial charge in [0.25, 0.3) is 0 Å². The van der Waals surface area contributed by atoms with Crippen LogP contribution in [0.1, 0.15) is 49.8 Å². The van der Waals surface area contributed by atoms with Crippen molar-refractivity contribution in [2.45, 2.75) is 38.6 Å². The normalized spacial score (nSPS) is 19.3. The van der Waals surface area contributed by atoms with Crippen LogP contribution in [0.25, 0.3) is 0 Å². The van der Waals surface area contributed by atoms with Gasteiger partial charge in [0.2, 0.25) is 5.91 Å². The second kappa shape index (κ2) is 7.06. The standard InChI is InChI=1S/C22H25N3O2/c1-14-13-25(20-6-4-3-5-19(14)20)22(27)23-15(2)16-9-11-18(12-10-16)24-21(26)17-7-8-17/h3-6,9-12,14-15,17H,7-8,13H2,1-2H3,(H,23,27)(H,24,26). The molecule has 2 atom stereocenters. The molecule has 5 heteroatoms. The molecular weight excluding hydrogens is 338 g/mol. The molecule has 1 heterocycles. The summed E-state index contributed by atoms with van der Waals surface area (Å²) in [5, 5.41) is 6.02. The number of nitrogens with zero attached hydrogens (tertiary/aromatic N) is 1. The number of para-hydroxylation sites is 1. The maximum atomic E-state index is 12.8. The van der Waals surface area contributed by atoms with E-state index in [-0.39, 0.29) is 23.9 Å². The Hall–Kier alpha value is -2.82. The summed E-state index contributed by atoms with van der Waals surface area (Å²) in [5.41, 5.74) is 4.02. The number of hydrogen-bond donors (Lipinski definition) is 2. The molecule has 1 fully saturated rings. The summed E-state index contributed by atoms with van der Waals surface area (Å²) in [4.78, 5) is 26.4. The average molecular weight is 363 g/mol. The highest BCUT2D eigenvalue weighted by molar-refractivity contribution is 5.95. The molecule has 1 aliphatic carbocycles. The summed E-state index contributed by atoms with van der Waals surface area (Å²) in [7, 11) is 0. The summed E-state index contributed by atoms with van der Waals surface area (Å²) in [6.45, 7) is 4.81. The predicted molar refractivity (Wildman–Crippen MR) is 107 cm³/mol. The first-order valence-corrected chi connectivity index (χ1v) is 9.60. The van der Waals surface area contributed by atoms with Crippen molar-refractivity contribution in [3.63, 3.8) is 0 Å². The molecular formula is C22H25N3O2. The van der Waals surface area contributed by atoms with Crippen molar-refractivity contribution in [2.75, 3.05) is 16.8 Å². The van der Waals surface area contributed by atoms with Crippen molar-refractivity contribution in [1.82, 2.24) is 5.32 Å². The van der Waals surface area contributed by atoms with Gasteiger partial charge in [0.05, 0.1) is 6.04 Å². The van der Waals surface area contributed by atoms with Crippen LogP contribution in [-0.2, 0) is 4.79 Å². The molecule has 2 N–H and O–H groups in total. The van der Waals surface area contributed by atoms with Gasteiger partial charge in [0.15, 0.2) is 0 Å². The summed E-state index contributed by atoms with van der Waals surface area (Å²) in [6.07, 6.45) is 1.98. The van der Waals surface area contributed by atoms with Crippen LogP contribution in [0.15, 0.2) is 48.5 Å². The Balaban J connectivity index is 1.39. The predicted octanol–water partition coefficient (Wildman–Crippen LogP) is 4.43. The fraction of sp³-hybridized carbons (Fsp3) is 0.364. The molecule has 2 unspecified atom stereocenters. The first kappa shape index (κ1) is 17.6. The van der Waals surface area contributed by atoms with Gasteiger partial charge in [0.1, 0.15) is 0 Å². The molecule has 1 saturated carbocycles. The van der Waals surface area contributed by atoms with E-state index in [9.17, 15) is 9.59 Å². The SMILES string of the molecule is CC1CN(C(=O)NC(C)c2ccc(NC(=O)C3CC3)cc2)c2ccccc21. The smallest absolute Gasteiger partial charge is 0.322 e. The maximum absolute atomic E-state index is 12.8. The molecule has 0 spiro atoms. The first-order chi connectivity index (χ1) is 13.0. The van der Waals surface area contributed by atoms with Gasteiger partial charge in [0, 0.05) is 29.8 Å². The molecule has 0 bridgehead atoms. The highest BCUT2D eigenvalue weighted by Crippen LogP contribution is 2.35. The minimum atomic E-state index is -0.117. The number of carbonyl (C=O) groups excluding carboxylic acids is 2. The lowest BCUT2D eigenvalue weighted by molar-refractivity contribution is -0.117. The topological polar surface area (TPSA) is 61.4 Å². The van der Waals surface area contributed by atoms with Gasteiger partial charge >= 0.3 is 6.03 Å². The number of fused-ring (bicyclic) bond motifs is 1. The molecule has 140 valence electrons. The minimum absolute atomic E-state index is 0.0783. The second-order valence-electron chi connectivity index (χ2n) is 7.63. The van der Waals surface area contributed by atoms with Gasteiger partial charge in [-0.25, -0.2) is 4.79 Å². The lowest BCUT2D eigenvalue weighted by Crippen LogP contribution is -2.40. The monoisotopic (exact) mass is 363 g/mol. The van der Waals surface area contributed by atoms with Crippen LogP contribution in [0, 0.1) is 5.92 Å². The Morgan fingerprint density at radius 1 is 1.07 bits per heavy atom. The number of benzene rings is 2. The van der Waals surface area contributed by atoms with Crippen molar-refractivity contribution in [3.8, 4) is 0 Å². The van der Waals surface area contributed by atoms with Crippen LogP contribution >= 0.6 is 0 Å². The molecule has 2 aromatic rings. The van der Waals surface area contributed by atoms with Crippen LogP contribution in [0.2, 0.25) is 0 Å². The highest BCUT2D eigenvalue weighted by Gasteiger charge is 2.30. The third kappa shape index (κ3) is 3.68. The van der Waals surface area contributed by atoms with E-state index in [1.165, 1.54) is 5.56 Å². The van der Waals surface area contributed by atoms with Crippen LogP contribution in [0.5, 0.6) is 0 Å². The van der Waals surface area contributed by atoms with Crippen molar-refractivity contribution in [1.29, 1.82) is 0 Å². The fourth-order valence-electron chi connectivity index (χ4n) is 3.60. The quantitative estimate of drug-likeness (QED) is 0.844. The van der Waals surface area contributed by atoms with E-state index in [1.54, 1.807) is 0 Å². The number of carbonyl (C=O) groups is 2. The molecule has 2 aliphatic rings. The zero-order valence-electron chi connectivity index (χ0n) is 15.7. The summed E-state index contributed by atoms with van der Waals surface area (Å²) < 4.78 is 0. The molecule has 0 aromatic heterocycles. The summed E-state index contributed by atoms with van der Waals surface area (Å²) in [5.74, 6) is 0.635. The second-order valence-corrected chi connectivity index (χ2v) is 7.63. The Labute approximate surface area is 159 Å². The van der Waals surface area contributed by atoms with Crippen LogP contribution in [0.4, 0.5) is 16.2 Å². The molecule has 0 saturated heterocycles. The number of nitrogens with one attached hydrogen (secondary N) is 2. The van der Waals surface area contributed by atoms with Gasteiger partial charge < -0.3 is 10.6 Å². The van der Waals surface area contributed by atoms with E-state index in [4.69, 9.17) is 0 Å². The zero-order valence-corrected chi connectivity index (χ0v) is 15.7. The summed E-state index contributed by atoms with van der Waals surface area (Å²) in [6, 6.07) is 15.6. The zero-order chi connectivity index (χ0) is 19.0. The van der Waals surface area contributed by atoms with E-state index in [2.05, 4.69) is 23.6 Å². The van der Waals surface area contributed by atoms with E-state index in [0.29, 0.717) is 12.5 Å². The van der Waals surface area contributed by atoms with E-state index >= 15 is 0 Å². The Morgan fingerprint density at radius 3 is 2.48 bits per heavy atom. The van der Waals surface area contributed by atoms with E-state index in [0.717, 1.165) is 29.8 Å². The number of anilines is 2. The van der Waals surface area contributed by atoms with Crippen molar-refractivity contribution >= 4 is 23.3 Å². The van der Waals surface area contributed by atoms with Crippen LogP contribution in [0.3, 0.4) is 0 Å². The number of rotatable bonds is 4. The number of urea groups is 1. The Bertz CT molecular complexity index is 858. The Kier molecular flexibility index (Phi) is 4.60. The molecule has 2 aromatic carbocycles.